The second kappa shape index (κ2) is 4.49. The molecule has 0 atom stereocenters. The van der Waals surface area contributed by atoms with Crippen LogP contribution in [0.1, 0.15) is 12.5 Å². The summed E-state index contributed by atoms with van der Waals surface area (Å²) in [4.78, 5) is 3.87. The molecule has 1 nitrogen and oxygen atoms in total. The number of rotatable bonds is 1. The van der Waals surface area contributed by atoms with Crippen molar-refractivity contribution in [2.75, 3.05) is 0 Å². The smallest absolute Gasteiger partial charge is 0.291 e. The maximum atomic E-state index is 3.87. The molecule has 0 aromatic carbocycles. The average Bonchev–Trinajstić information content (AvgIpc) is 1.90. The molecule has 1 heterocycles. The minimum Gasteiger partial charge on any atom is -0.291 e. The molecule has 9 heavy (non-hydrogen) atoms. The van der Waals surface area contributed by atoms with Crippen LogP contribution in [0, 0.1) is 6.42 Å². The molecule has 0 aliphatic rings. The second-order valence-corrected chi connectivity index (χ2v) is 1.57. The maximum absolute atomic E-state index is 3.87. The van der Waals surface area contributed by atoms with Crippen molar-refractivity contribution in [2.24, 2.45) is 0 Å². The van der Waals surface area contributed by atoms with Crippen molar-refractivity contribution in [3.05, 3.63) is 36.5 Å². The number of pyridine rings is 1. The third kappa shape index (κ3) is 2.60. The zero-order chi connectivity index (χ0) is 5.82. The van der Waals surface area contributed by atoms with Crippen LogP contribution in [-0.4, -0.2) is 4.98 Å². The van der Waals surface area contributed by atoms with Gasteiger partial charge < -0.3 is 0 Å². The van der Waals surface area contributed by atoms with Crippen LogP contribution in [-0.2, 0) is 0 Å². The van der Waals surface area contributed by atoms with Crippen LogP contribution in [0.2, 0.25) is 0 Å². The molecule has 0 saturated carbocycles. The van der Waals surface area contributed by atoms with Crippen LogP contribution in [0.25, 0.3) is 0 Å². The molecule has 42 valence electrons. The van der Waals surface area contributed by atoms with E-state index < -0.39 is 0 Å². The van der Waals surface area contributed by atoms with Gasteiger partial charge in [0.1, 0.15) is 0 Å². The van der Waals surface area contributed by atoms with Crippen molar-refractivity contribution in [2.45, 2.75) is 6.92 Å². The SMILES string of the molecule is C[CH-]c1ccncc1.[Li+]. The fourth-order valence-electron chi connectivity index (χ4n) is 0.556. The molecule has 1 rings (SSSR count). The van der Waals surface area contributed by atoms with Crippen molar-refractivity contribution in [1.29, 1.82) is 0 Å². The Labute approximate surface area is 67.7 Å². The predicted molar refractivity (Wildman–Crippen MR) is 33.3 cm³/mol. The van der Waals surface area contributed by atoms with Crippen LogP contribution in [0.15, 0.2) is 24.5 Å². The van der Waals surface area contributed by atoms with Crippen LogP contribution in [0.4, 0.5) is 0 Å². The largest absolute Gasteiger partial charge is 1.00 e. The van der Waals surface area contributed by atoms with E-state index in [1.807, 2.05) is 25.5 Å². The van der Waals surface area contributed by atoms with E-state index in [0.717, 1.165) is 0 Å². The second-order valence-electron chi connectivity index (χ2n) is 1.57. The molecule has 0 saturated heterocycles. The summed E-state index contributed by atoms with van der Waals surface area (Å²) >= 11 is 0. The summed E-state index contributed by atoms with van der Waals surface area (Å²) in [6.45, 7) is 2.01. The van der Waals surface area contributed by atoms with Gasteiger partial charge in [-0.15, -0.1) is 12.1 Å². The van der Waals surface area contributed by atoms with Crippen LogP contribution < -0.4 is 18.9 Å². The van der Waals surface area contributed by atoms with Gasteiger partial charge in [0.05, 0.1) is 0 Å². The summed E-state index contributed by atoms with van der Waals surface area (Å²) in [6.07, 6.45) is 5.62. The van der Waals surface area contributed by atoms with E-state index in [2.05, 4.69) is 4.98 Å². The van der Waals surface area contributed by atoms with Gasteiger partial charge in [-0.25, -0.2) is 0 Å². The minimum atomic E-state index is 0. The van der Waals surface area contributed by atoms with Gasteiger partial charge in [-0.3, -0.25) is 4.98 Å². The van der Waals surface area contributed by atoms with Gasteiger partial charge in [0.25, 0.3) is 0 Å². The number of nitrogens with zero attached hydrogens (tertiary/aromatic N) is 1. The van der Waals surface area contributed by atoms with Crippen molar-refractivity contribution < 1.29 is 18.9 Å². The van der Waals surface area contributed by atoms with Crippen molar-refractivity contribution in [3.8, 4) is 0 Å². The van der Waals surface area contributed by atoms with Gasteiger partial charge in [-0.1, -0.05) is 6.92 Å². The Morgan fingerprint density at radius 3 is 2.22 bits per heavy atom. The van der Waals surface area contributed by atoms with E-state index >= 15 is 0 Å². The Kier molecular flexibility index (Phi) is 4.30. The van der Waals surface area contributed by atoms with Gasteiger partial charge >= 0.3 is 18.9 Å². The van der Waals surface area contributed by atoms with E-state index in [-0.39, 0.29) is 18.9 Å². The van der Waals surface area contributed by atoms with Crippen LogP contribution in [0.3, 0.4) is 0 Å². The first kappa shape index (κ1) is 8.62. The molecular formula is C7H8LiN. The minimum absolute atomic E-state index is 0. The molecule has 0 unspecified atom stereocenters. The average molecular weight is 113 g/mol. The van der Waals surface area contributed by atoms with Crippen molar-refractivity contribution in [1.82, 2.24) is 4.98 Å². The molecule has 0 aliphatic heterocycles. The molecule has 0 fully saturated rings. The topological polar surface area (TPSA) is 12.9 Å². The molecule has 1 aromatic heterocycles. The summed E-state index contributed by atoms with van der Waals surface area (Å²) in [6, 6.07) is 3.94. The predicted octanol–water partition coefficient (Wildman–Crippen LogP) is -1.34. The summed E-state index contributed by atoms with van der Waals surface area (Å²) in [5, 5.41) is 0. The molecule has 0 spiro atoms. The third-order valence-corrected chi connectivity index (χ3v) is 1.04. The molecule has 0 N–H and O–H groups in total. The molecule has 0 bridgehead atoms. The molecule has 1 aromatic rings. The van der Waals surface area contributed by atoms with Gasteiger partial charge in [-0.05, 0) is 12.4 Å². The Hall–Kier alpha value is -0.383. The van der Waals surface area contributed by atoms with Gasteiger partial charge in [-0.2, -0.15) is 12.0 Å². The van der Waals surface area contributed by atoms with Gasteiger partial charge in [0.15, 0.2) is 0 Å². The monoisotopic (exact) mass is 113 g/mol. The van der Waals surface area contributed by atoms with Crippen LogP contribution in [0.5, 0.6) is 0 Å². The summed E-state index contributed by atoms with van der Waals surface area (Å²) in [5.74, 6) is 0. The van der Waals surface area contributed by atoms with E-state index in [0.29, 0.717) is 0 Å². The standard InChI is InChI=1S/C7H8N.Li/c1-2-7-3-5-8-6-4-7;/h2-6H,1H3;/q-1;+1. The van der Waals surface area contributed by atoms with Crippen LogP contribution >= 0.6 is 0 Å². The number of hydrogen-bond donors (Lipinski definition) is 0. The first-order valence-corrected chi connectivity index (χ1v) is 2.63. The fourth-order valence-corrected chi connectivity index (χ4v) is 0.556. The summed E-state index contributed by atoms with van der Waals surface area (Å²) < 4.78 is 0. The summed E-state index contributed by atoms with van der Waals surface area (Å²) in [5.41, 5.74) is 1.22. The maximum Gasteiger partial charge on any atom is 1.00 e. The van der Waals surface area contributed by atoms with Gasteiger partial charge in [0, 0.05) is 0 Å². The van der Waals surface area contributed by atoms with E-state index in [1.54, 1.807) is 12.4 Å². The normalized spacial score (nSPS) is 7.67. The van der Waals surface area contributed by atoms with Crippen molar-refractivity contribution in [3.63, 3.8) is 0 Å². The zero-order valence-electron chi connectivity index (χ0n) is 5.83. The molecular weight excluding hydrogens is 105 g/mol. The third-order valence-electron chi connectivity index (χ3n) is 1.04. The zero-order valence-corrected chi connectivity index (χ0v) is 5.83. The number of aromatic nitrogens is 1. The Balaban J connectivity index is 0.000000640. The first-order chi connectivity index (χ1) is 3.93. The fraction of sp³-hybridized carbons (Fsp3) is 0.143. The van der Waals surface area contributed by atoms with E-state index in [4.69, 9.17) is 0 Å². The Morgan fingerprint density at radius 1 is 1.33 bits per heavy atom. The van der Waals surface area contributed by atoms with Gasteiger partial charge in [0.2, 0.25) is 0 Å². The van der Waals surface area contributed by atoms with E-state index in [1.165, 1.54) is 5.56 Å². The molecule has 0 aliphatic carbocycles. The first-order valence-electron chi connectivity index (χ1n) is 2.63. The molecule has 2 heteroatoms. The quantitative estimate of drug-likeness (QED) is 0.324. The number of hydrogen-bond acceptors (Lipinski definition) is 1. The van der Waals surface area contributed by atoms with Crippen molar-refractivity contribution >= 4 is 0 Å². The Morgan fingerprint density at radius 2 is 1.89 bits per heavy atom. The Bertz CT molecular complexity index is 150. The summed E-state index contributed by atoms with van der Waals surface area (Å²) in [7, 11) is 0. The molecule has 0 amide bonds. The molecule has 0 radical (unpaired) electrons. The van der Waals surface area contributed by atoms with E-state index in [9.17, 15) is 0 Å².